The number of benzene rings is 1. The third-order valence-electron chi connectivity index (χ3n) is 3.14. The zero-order valence-corrected chi connectivity index (χ0v) is 12.7. The highest BCUT2D eigenvalue weighted by atomic mass is 79.9. The van der Waals surface area contributed by atoms with E-state index in [1.807, 2.05) is 26.8 Å². The molecule has 2 rings (SSSR count). The van der Waals surface area contributed by atoms with Crippen LogP contribution in [0.25, 0.3) is 0 Å². The molecular formula is C14H16BrFN2O. The molecule has 2 aromatic rings. The van der Waals surface area contributed by atoms with Crippen LogP contribution >= 0.6 is 15.9 Å². The molecule has 0 saturated heterocycles. The molecule has 0 radical (unpaired) electrons. The van der Waals surface area contributed by atoms with Crippen molar-refractivity contribution < 1.29 is 8.91 Å². The predicted octanol–water partition coefficient (Wildman–Crippen LogP) is 4.04. The Morgan fingerprint density at radius 1 is 1.42 bits per heavy atom. The van der Waals surface area contributed by atoms with Crippen molar-refractivity contribution in [3.63, 3.8) is 0 Å². The van der Waals surface area contributed by atoms with Gasteiger partial charge in [0.15, 0.2) is 0 Å². The minimum absolute atomic E-state index is 0.0642. The monoisotopic (exact) mass is 326 g/mol. The van der Waals surface area contributed by atoms with E-state index in [0.717, 1.165) is 21.5 Å². The second-order valence-electron chi connectivity index (χ2n) is 4.58. The zero-order valence-electron chi connectivity index (χ0n) is 11.1. The lowest BCUT2D eigenvalue weighted by Gasteiger charge is -2.14. The summed E-state index contributed by atoms with van der Waals surface area (Å²) in [7, 11) is 0. The van der Waals surface area contributed by atoms with Crippen molar-refractivity contribution in [1.29, 1.82) is 0 Å². The molecule has 0 aliphatic heterocycles. The maximum absolute atomic E-state index is 13.7. The molecule has 0 aliphatic carbocycles. The van der Waals surface area contributed by atoms with Crippen LogP contribution in [0.2, 0.25) is 0 Å². The van der Waals surface area contributed by atoms with E-state index in [0.29, 0.717) is 12.1 Å². The van der Waals surface area contributed by atoms with Crippen LogP contribution in [0.4, 0.5) is 4.39 Å². The lowest BCUT2D eigenvalue weighted by molar-refractivity contribution is 0.390. The Morgan fingerprint density at radius 2 is 2.16 bits per heavy atom. The van der Waals surface area contributed by atoms with Crippen LogP contribution in [-0.4, -0.2) is 5.16 Å². The summed E-state index contributed by atoms with van der Waals surface area (Å²) >= 11 is 3.25. The molecular weight excluding hydrogens is 311 g/mol. The van der Waals surface area contributed by atoms with E-state index in [9.17, 15) is 4.39 Å². The first-order valence-electron chi connectivity index (χ1n) is 6.09. The van der Waals surface area contributed by atoms with E-state index in [2.05, 4.69) is 26.4 Å². The Bertz CT molecular complexity index is 563. The van der Waals surface area contributed by atoms with Crippen LogP contribution in [-0.2, 0) is 6.54 Å². The SMILES string of the molecule is Cc1noc(C)c1C(C)NCc1ccc(Br)cc1F. The zero-order chi connectivity index (χ0) is 14.0. The molecule has 0 amide bonds. The van der Waals surface area contributed by atoms with Gasteiger partial charge in [0.05, 0.1) is 5.69 Å². The van der Waals surface area contributed by atoms with Crippen molar-refractivity contribution >= 4 is 15.9 Å². The lowest BCUT2D eigenvalue weighted by Crippen LogP contribution is -2.19. The van der Waals surface area contributed by atoms with E-state index in [4.69, 9.17) is 4.52 Å². The van der Waals surface area contributed by atoms with Gasteiger partial charge in [-0.2, -0.15) is 0 Å². The van der Waals surface area contributed by atoms with Crippen molar-refractivity contribution in [2.45, 2.75) is 33.4 Å². The number of hydrogen-bond acceptors (Lipinski definition) is 3. The molecule has 0 fully saturated rings. The summed E-state index contributed by atoms with van der Waals surface area (Å²) in [4.78, 5) is 0. The van der Waals surface area contributed by atoms with Crippen LogP contribution in [0.5, 0.6) is 0 Å². The molecule has 1 aromatic heterocycles. The van der Waals surface area contributed by atoms with Gasteiger partial charge in [-0.25, -0.2) is 4.39 Å². The van der Waals surface area contributed by atoms with E-state index in [1.54, 1.807) is 6.07 Å². The minimum Gasteiger partial charge on any atom is -0.361 e. The standard InChI is InChI=1S/C14H16BrFN2O/c1-8(14-9(2)18-19-10(14)3)17-7-11-4-5-12(15)6-13(11)16/h4-6,8,17H,7H2,1-3H3. The number of rotatable bonds is 4. The van der Waals surface area contributed by atoms with Crippen LogP contribution in [0.3, 0.4) is 0 Å². The first-order chi connectivity index (χ1) is 8.99. The van der Waals surface area contributed by atoms with Gasteiger partial charge in [-0.15, -0.1) is 0 Å². The highest BCUT2D eigenvalue weighted by molar-refractivity contribution is 9.10. The van der Waals surface area contributed by atoms with Gasteiger partial charge in [0.1, 0.15) is 11.6 Å². The molecule has 0 aliphatic rings. The van der Waals surface area contributed by atoms with Gasteiger partial charge in [-0.05, 0) is 32.9 Å². The molecule has 0 bridgehead atoms. The lowest BCUT2D eigenvalue weighted by atomic mass is 10.1. The Kier molecular flexibility index (Phi) is 4.37. The van der Waals surface area contributed by atoms with E-state index in [-0.39, 0.29) is 11.9 Å². The molecule has 19 heavy (non-hydrogen) atoms. The molecule has 1 N–H and O–H groups in total. The molecule has 0 saturated carbocycles. The maximum Gasteiger partial charge on any atom is 0.138 e. The van der Waals surface area contributed by atoms with Crippen LogP contribution in [0, 0.1) is 19.7 Å². The first kappa shape index (κ1) is 14.2. The fourth-order valence-corrected chi connectivity index (χ4v) is 2.47. The molecule has 1 unspecified atom stereocenters. The molecule has 3 nitrogen and oxygen atoms in total. The average molecular weight is 327 g/mol. The van der Waals surface area contributed by atoms with Crippen LogP contribution in [0.1, 0.15) is 35.5 Å². The van der Waals surface area contributed by atoms with E-state index < -0.39 is 0 Å². The molecule has 1 heterocycles. The number of hydrogen-bond donors (Lipinski definition) is 1. The summed E-state index contributed by atoms with van der Waals surface area (Å²) in [5, 5.41) is 7.21. The summed E-state index contributed by atoms with van der Waals surface area (Å²) in [5.74, 6) is 0.585. The third-order valence-corrected chi connectivity index (χ3v) is 3.63. The average Bonchev–Trinajstić information content (AvgIpc) is 2.68. The number of aromatic nitrogens is 1. The predicted molar refractivity (Wildman–Crippen MR) is 75.3 cm³/mol. The van der Waals surface area contributed by atoms with Gasteiger partial charge in [0.25, 0.3) is 0 Å². The van der Waals surface area contributed by atoms with Gasteiger partial charge in [-0.1, -0.05) is 27.2 Å². The maximum atomic E-state index is 13.7. The number of nitrogens with zero attached hydrogens (tertiary/aromatic N) is 1. The fraction of sp³-hybridized carbons (Fsp3) is 0.357. The number of halogens is 2. The largest absolute Gasteiger partial charge is 0.361 e. The summed E-state index contributed by atoms with van der Waals surface area (Å²) < 4.78 is 19.6. The van der Waals surface area contributed by atoms with E-state index in [1.165, 1.54) is 6.07 Å². The van der Waals surface area contributed by atoms with Gasteiger partial charge in [0, 0.05) is 28.2 Å². The summed E-state index contributed by atoms with van der Waals surface area (Å²) in [6, 6.07) is 5.14. The topological polar surface area (TPSA) is 38.1 Å². The summed E-state index contributed by atoms with van der Waals surface area (Å²) in [5.41, 5.74) is 2.55. The highest BCUT2D eigenvalue weighted by Gasteiger charge is 2.16. The van der Waals surface area contributed by atoms with Crippen molar-refractivity contribution in [2.75, 3.05) is 0 Å². The van der Waals surface area contributed by atoms with Crippen molar-refractivity contribution in [1.82, 2.24) is 10.5 Å². The number of nitrogens with one attached hydrogen (secondary N) is 1. The normalized spacial score (nSPS) is 12.7. The summed E-state index contributed by atoms with van der Waals surface area (Å²) in [6.45, 7) is 6.27. The van der Waals surface area contributed by atoms with E-state index >= 15 is 0 Å². The molecule has 1 atom stereocenters. The van der Waals surface area contributed by atoms with Gasteiger partial charge < -0.3 is 9.84 Å². The second kappa shape index (κ2) is 5.84. The summed E-state index contributed by atoms with van der Waals surface area (Å²) in [6.07, 6.45) is 0. The Balaban J connectivity index is 2.06. The van der Waals surface area contributed by atoms with Gasteiger partial charge >= 0.3 is 0 Å². The van der Waals surface area contributed by atoms with Crippen LogP contribution in [0.15, 0.2) is 27.2 Å². The number of aryl methyl sites for hydroxylation is 2. The third kappa shape index (κ3) is 3.22. The van der Waals surface area contributed by atoms with Crippen LogP contribution < -0.4 is 5.32 Å². The quantitative estimate of drug-likeness (QED) is 0.921. The van der Waals surface area contributed by atoms with Gasteiger partial charge in [-0.3, -0.25) is 0 Å². The fourth-order valence-electron chi connectivity index (χ4n) is 2.14. The van der Waals surface area contributed by atoms with Gasteiger partial charge in [0.2, 0.25) is 0 Å². The van der Waals surface area contributed by atoms with Crippen molar-refractivity contribution in [2.24, 2.45) is 0 Å². The Hall–Kier alpha value is -1.20. The van der Waals surface area contributed by atoms with Crippen molar-refractivity contribution in [3.05, 3.63) is 51.1 Å². The second-order valence-corrected chi connectivity index (χ2v) is 5.49. The highest BCUT2D eigenvalue weighted by Crippen LogP contribution is 2.22. The molecule has 5 heteroatoms. The Morgan fingerprint density at radius 3 is 2.74 bits per heavy atom. The molecule has 1 aromatic carbocycles. The van der Waals surface area contributed by atoms with Crippen molar-refractivity contribution in [3.8, 4) is 0 Å². The Labute approximate surface area is 120 Å². The molecule has 102 valence electrons. The smallest absolute Gasteiger partial charge is 0.138 e. The minimum atomic E-state index is -0.215. The molecule has 0 spiro atoms. The first-order valence-corrected chi connectivity index (χ1v) is 6.88.